The van der Waals surface area contributed by atoms with Gasteiger partial charge in [-0.2, -0.15) is 0 Å². The zero-order chi connectivity index (χ0) is 14.8. The van der Waals surface area contributed by atoms with Crippen molar-refractivity contribution in [1.29, 1.82) is 0 Å². The average Bonchev–Trinajstić information content (AvgIpc) is 2.42. The second-order valence-electron chi connectivity index (χ2n) is 4.46. The Morgan fingerprint density at radius 3 is 1.95 bits per heavy atom. The Kier molecular flexibility index (Phi) is 3.97. The van der Waals surface area contributed by atoms with E-state index in [1.807, 2.05) is 0 Å². The fourth-order valence-corrected chi connectivity index (χ4v) is 1.74. The number of ether oxygens (including phenoxy) is 1. The molecule has 2 N–H and O–H groups in total. The quantitative estimate of drug-likeness (QED) is 0.906. The first-order valence-electron chi connectivity index (χ1n) is 5.89. The number of hydrogen-bond donors (Lipinski definition) is 2. The van der Waals surface area contributed by atoms with Crippen LogP contribution >= 0.6 is 11.6 Å². The first-order valence-corrected chi connectivity index (χ1v) is 6.27. The Bertz CT molecular complexity index is 603. The van der Waals surface area contributed by atoms with Gasteiger partial charge in [0.2, 0.25) is 0 Å². The van der Waals surface area contributed by atoms with Crippen molar-refractivity contribution in [2.75, 3.05) is 0 Å². The Morgan fingerprint density at radius 2 is 1.50 bits per heavy atom. The molecular formula is C15H13ClO4. The largest absolute Gasteiger partial charge is 0.479 e. The number of carbonyl (C=O) groups is 1. The van der Waals surface area contributed by atoms with Crippen molar-refractivity contribution in [1.82, 2.24) is 0 Å². The normalized spacial score (nSPS) is 13.6. The molecule has 0 fully saturated rings. The van der Waals surface area contributed by atoms with Gasteiger partial charge in [0.05, 0.1) is 0 Å². The van der Waals surface area contributed by atoms with Crippen LogP contribution < -0.4 is 4.74 Å². The van der Waals surface area contributed by atoms with Gasteiger partial charge in [-0.3, -0.25) is 0 Å². The summed E-state index contributed by atoms with van der Waals surface area (Å²) >= 11 is 5.78. The number of aliphatic carboxylic acids is 1. The standard InChI is InChI=1S/C15H13ClO4/c1-15(19,14(17)18)10-2-6-12(7-3-10)20-13-8-4-11(16)5-9-13/h2-9,19H,1H3,(H,17,18). The SMILES string of the molecule is CC(O)(C(=O)O)c1ccc(Oc2ccc(Cl)cc2)cc1. The monoisotopic (exact) mass is 292 g/mol. The second-order valence-corrected chi connectivity index (χ2v) is 4.89. The van der Waals surface area contributed by atoms with Crippen LogP contribution in [0.5, 0.6) is 11.5 Å². The summed E-state index contributed by atoms with van der Waals surface area (Å²) in [6.07, 6.45) is 0. The molecule has 5 heteroatoms. The lowest BCUT2D eigenvalue weighted by Crippen LogP contribution is -2.31. The maximum atomic E-state index is 10.9. The number of benzene rings is 2. The Labute approximate surface area is 121 Å². The molecule has 4 nitrogen and oxygen atoms in total. The minimum atomic E-state index is -1.92. The van der Waals surface area contributed by atoms with Crippen molar-refractivity contribution in [3.8, 4) is 11.5 Å². The summed E-state index contributed by atoms with van der Waals surface area (Å²) in [5.74, 6) is -0.145. The number of rotatable bonds is 4. The van der Waals surface area contributed by atoms with Crippen molar-refractivity contribution in [3.05, 3.63) is 59.1 Å². The molecule has 0 aliphatic heterocycles. The molecule has 0 aliphatic carbocycles. The maximum absolute atomic E-state index is 10.9. The van der Waals surface area contributed by atoms with Crippen LogP contribution in [0.4, 0.5) is 0 Å². The minimum absolute atomic E-state index is 0.286. The van der Waals surface area contributed by atoms with Crippen molar-refractivity contribution in [3.63, 3.8) is 0 Å². The van der Waals surface area contributed by atoms with E-state index in [0.29, 0.717) is 16.5 Å². The first kappa shape index (κ1) is 14.4. The molecule has 2 rings (SSSR count). The summed E-state index contributed by atoms with van der Waals surface area (Å²) in [4.78, 5) is 10.9. The van der Waals surface area contributed by atoms with Crippen LogP contribution in [0.2, 0.25) is 5.02 Å². The zero-order valence-corrected chi connectivity index (χ0v) is 11.5. The van der Waals surface area contributed by atoms with E-state index >= 15 is 0 Å². The summed E-state index contributed by atoms with van der Waals surface area (Å²) in [7, 11) is 0. The van der Waals surface area contributed by atoms with Crippen LogP contribution in [0.3, 0.4) is 0 Å². The highest BCUT2D eigenvalue weighted by Crippen LogP contribution is 2.26. The molecule has 0 amide bonds. The molecular weight excluding hydrogens is 280 g/mol. The molecule has 104 valence electrons. The number of hydrogen-bond acceptors (Lipinski definition) is 3. The molecule has 0 aliphatic rings. The predicted octanol–water partition coefficient (Wildman–Crippen LogP) is 3.42. The highest BCUT2D eigenvalue weighted by molar-refractivity contribution is 6.30. The van der Waals surface area contributed by atoms with Gasteiger partial charge in [-0.1, -0.05) is 23.7 Å². The molecule has 1 atom stereocenters. The summed E-state index contributed by atoms with van der Waals surface area (Å²) in [6.45, 7) is 1.23. The Hall–Kier alpha value is -2.04. The summed E-state index contributed by atoms with van der Waals surface area (Å²) in [5.41, 5.74) is -1.63. The lowest BCUT2D eigenvalue weighted by Gasteiger charge is -2.18. The molecule has 20 heavy (non-hydrogen) atoms. The Morgan fingerprint density at radius 1 is 1.05 bits per heavy atom. The minimum Gasteiger partial charge on any atom is -0.479 e. The van der Waals surface area contributed by atoms with E-state index in [1.54, 1.807) is 36.4 Å². The van der Waals surface area contributed by atoms with Crippen molar-refractivity contribution < 1.29 is 19.7 Å². The van der Waals surface area contributed by atoms with Crippen LogP contribution in [0, 0.1) is 0 Å². The number of carboxylic acid groups (broad SMARTS) is 1. The molecule has 2 aromatic rings. The molecule has 0 aromatic heterocycles. The fraction of sp³-hybridized carbons (Fsp3) is 0.133. The van der Waals surface area contributed by atoms with Gasteiger partial charge in [0.25, 0.3) is 0 Å². The molecule has 1 unspecified atom stereocenters. The average molecular weight is 293 g/mol. The zero-order valence-electron chi connectivity index (χ0n) is 10.7. The second kappa shape index (κ2) is 5.53. The van der Waals surface area contributed by atoms with E-state index in [2.05, 4.69) is 0 Å². The van der Waals surface area contributed by atoms with Crippen molar-refractivity contribution in [2.24, 2.45) is 0 Å². The van der Waals surface area contributed by atoms with E-state index in [1.165, 1.54) is 19.1 Å². The van der Waals surface area contributed by atoms with E-state index in [9.17, 15) is 9.90 Å². The third kappa shape index (κ3) is 3.10. The van der Waals surface area contributed by atoms with Gasteiger partial charge in [0.15, 0.2) is 5.60 Å². The van der Waals surface area contributed by atoms with Crippen LogP contribution in [0.15, 0.2) is 48.5 Å². The van der Waals surface area contributed by atoms with Gasteiger partial charge >= 0.3 is 5.97 Å². The summed E-state index contributed by atoms with van der Waals surface area (Å²) < 4.78 is 5.57. The molecule has 0 saturated carbocycles. The number of carboxylic acids is 1. The highest BCUT2D eigenvalue weighted by atomic mass is 35.5. The lowest BCUT2D eigenvalue weighted by molar-refractivity contribution is -0.157. The van der Waals surface area contributed by atoms with Gasteiger partial charge in [-0.15, -0.1) is 0 Å². The predicted molar refractivity (Wildman–Crippen MR) is 75.2 cm³/mol. The summed E-state index contributed by atoms with van der Waals surface area (Å²) in [5, 5.41) is 19.4. The van der Waals surface area contributed by atoms with Crippen molar-refractivity contribution >= 4 is 17.6 Å². The molecule has 0 heterocycles. The molecule has 0 spiro atoms. The van der Waals surface area contributed by atoms with Crippen molar-refractivity contribution in [2.45, 2.75) is 12.5 Å². The first-order chi connectivity index (χ1) is 9.39. The van der Waals surface area contributed by atoms with E-state index in [4.69, 9.17) is 21.4 Å². The van der Waals surface area contributed by atoms with Crippen LogP contribution in [0.1, 0.15) is 12.5 Å². The van der Waals surface area contributed by atoms with E-state index in [0.717, 1.165) is 0 Å². The van der Waals surface area contributed by atoms with Gasteiger partial charge in [0.1, 0.15) is 11.5 Å². The third-order valence-corrected chi connectivity index (χ3v) is 3.13. The topological polar surface area (TPSA) is 66.8 Å². The molecule has 0 saturated heterocycles. The van der Waals surface area contributed by atoms with Gasteiger partial charge < -0.3 is 14.9 Å². The highest BCUT2D eigenvalue weighted by Gasteiger charge is 2.31. The summed E-state index contributed by atoms with van der Waals surface area (Å²) in [6, 6.07) is 13.1. The van der Waals surface area contributed by atoms with Crippen LogP contribution in [-0.4, -0.2) is 16.2 Å². The smallest absolute Gasteiger partial charge is 0.340 e. The Balaban J connectivity index is 2.16. The van der Waals surface area contributed by atoms with E-state index < -0.39 is 11.6 Å². The lowest BCUT2D eigenvalue weighted by atomic mass is 9.96. The van der Waals surface area contributed by atoms with E-state index in [-0.39, 0.29) is 5.56 Å². The van der Waals surface area contributed by atoms with Gasteiger partial charge in [0, 0.05) is 5.02 Å². The molecule has 0 bridgehead atoms. The van der Waals surface area contributed by atoms with Gasteiger partial charge in [-0.05, 0) is 48.9 Å². The number of halogens is 1. The fourth-order valence-electron chi connectivity index (χ4n) is 1.61. The third-order valence-electron chi connectivity index (χ3n) is 2.88. The molecule has 0 radical (unpaired) electrons. The van der Waals surface area contributed by atoms with Crippen LogP contribution in [0.25, 0.3) is 0 Å². The molecule has 2 aromatic carbocycles. The number of aliphatic hydroxyl groups is 1. The maximum Gasteiger partial charge on any atom is 0.340 e. The van der Waals surface area contributed by atoms with Gasteiger partial charge in [-0.25, -0.2) is 4.79 Å². The van der Waals surface area contributed by atoms with Crippen LogP contribution in [-0.2, 0) is 10.4 Å².